The van der Waals surface area contributed by atoms with E-state index >= 15 is 0 Å². The monoisotopic (exact) mass is 472 g/mol. The minimum Gasteiger partial charge on any atom is -0.483 e. The molecule has 1 N–H and O–H groups in total. The Morgan fingerprint density at radius 2 is 1.93 bits per heavy atom. The Morgan fingerprint density at radius 3 is 2.73 bits per heavy atom. The van der Waals surface area contributed by atoms with Crippen LogP contribution in [0.5, 0.6) is 5.75 Å². The van der Waals surface area contributed by atoms with Crippen molar-refractivity contribution >= 4 is 38.3 Å². The van der Waals surface area contributed by atoms with Gasteiger partial charge in [-0.05, 0) is 35.0 Å². The molecule has 0 unspecified atom stereocenters. The zero-order chi connectivity index (χ0) is 20.9. The van der Waals surface area contributed by atoms with E-state index in [0.29, 0.717) is 30.0 Å². The summed E-state index contributed by atoms with van der Waals surface area (Å²) in [4.78, 5) is 14.7. The number of nitrogens with zero attached hydrogens (tertiary/aromatic N) is 1. The summed E-state index contributed by atoms with van der Waals surface area (Å²) in [5.74, 6) is -0.259. The van der Waals surface area contributed by atoms with E-state index in [9.17, 15) is 9.18 Å². The molecule has 0 atom stereocenters. The van der Waals surface area contributed by atoms with Gasteiger partial charge in [0.1, 0.15) is 11.6 Å². The van der Waals surface area contributed by atoms with Crippen LogP contribution in [0.2, 0.25) is 0 Å². The summed E-state index contributed by atoms with van der Waals surface area (Å²) in [6.07, 6.45) is 0. The molecule has 0 spiro atoms. The molecule has 1 heterocycles. The molecule has 0 aliphatic carbocycles. The van der Waals surface area contributed by atoms with Crippen molar-refractivity contribution < 1.29 is 18.7 Å². The lowest BCUT2D eigenvalue weighted by Gasteiger charge is -2.28. The van der Waals surface area contributed by atoms with Crippen molar-refractivity contribution in [1.82, 2.24) is 4.90 Å². The van der Waals surface area contributed by atoms with Gasteiger partial charge < -0.3 is 14.8 Å². The molecule has 1 fully saturated rings. The highest BCUT2D eigenvalue weighted by Crippen LogP contribution is 2.30. The van der Waals surface area contributed by atoms with Crippen LogP contribution in [-0.2, 0) is 16.1 Å². The van der Waals surface area contributed by atoms with Crippen LogP contribution in [-0.4, -0.2) is 43.7 Å². The van der Waals surface area contributed by atoms with E-state index in [2.05, 4.69) is 38.3 Å². The largest absolute Gasteiger partial charge is 0.483 e. The fourth-order valence-electron chi connectivity index (χ4n) is 3.52. The van der Waals surface area contributed by atoms with Gasteiger partial charge in [-0.15, -0.1) is 0 Å². The van der Waals surface area contributed by atoms with E-state index in [0.717, 1.165) is 29.4 Å². The van der Waals surface area contributed by atoms with E-state index in [1.807, 2.05) is 24.3 Å². The average Bonchev–Trinajstić information content (AvgIpc) is 2.76. The fraction of sp³-hybridized carbons (Fsp3) is 0.261. The standard InChI is InChI=1S/C23H22BrFN2O3/c24-17-6-7-21(20(25)13-17)26-23(28)15-30-22-8-5-16-3-1-2-4-18(16)19(22)14-27-9-11-29-12-10-27/h1-8,13H,9-12,14-15H2,(H,26,28). The van der Waals surface area contributed by atoms with Gasteiger partial charge in [-0.25, -0.2) is 4.39 Å². The van der Waals surface area contributed by atoms with Gasteiger partial charge in [0.05, 0.1) is 18.9 Å². The van der Waals surface area contributed by atoms with Crippen LogP contribution in [0, 0.1) is 5.82 Å². The van der Waals surface area contributed by atoms with E-state index in [1.54, 1.807) is 6.07 Å². The first-order chi connectivity index (χ1) is 14.6. The smallest absolute Gasteiger partial charge is 0.262 e. The summed E-state index contributed by atoms with van der Waals surface area (Å²) >= 11 is 3.20. The number of amides is 1. The number of benzene rings is 3. The van der Waals surface area contributed by atoms with Crippen molar-refractivity contribution in [2.45, 2.75) is 6.54 Å². The second kappa shape index (κ2) is 9.55. The Balaban J connectivity index is 1.51. The first kappa shape index (κ1) is 20.8. The third-order valence-corrected chi connectivity index (χ3v) is 5.54. The summed E-state index contributed by atoms with van der Waals surface area (Å²) in [7, 11) is 0. The molecule has 3 aromatic carbocycles. The van der Waals surface area contributed by atoms with Crippen LogP contribution in [0.3, 0.4) is 0 Å². The molecule has 30 heavy (non-hydrogen) atoms. The van der Waals surface area contributed by atoms with Crippen molar-refractivity contribution in [3.05, 3.63) is 70.5 Å². The van der Waals surface area contributed by atoms with Crippen LogP contribution in [0.1, 0.15) is 5.56 Å². The molecule has 1 amide bonds. The number of carbonyl (C=O) groups is 1. The van der Waals surface area contributed by atoms with Crippen LogP contribution >= 0.6 is 15.9 Å². The zero-order valence-corrected chi connectivity index (χ0v) is 18.0. The number of ether oxygens (including phenoxy) is 2. The van der Waals surface area contributed by atoms with E-state index in [-0.39, 0.29) is 12.3 Å². The third kappa shape index (κ3) is 4.98. The zero-order valence-electron chi connectivity index (χ0n) is 16.4. The van der Waals surface area contributed by atoms with Gasteiger partial charge in [0.25, 0.3) is 5.91 Å². The molecule has 0 saturated carbocycles. The predicted octanol–water partition coefficient (Wildman–Crippen LogP) is 4.59. The molecule has 5 nitrogen and oxygen atoms in total. The SMILES string of the molecule is O=C(COc1ccc2ccccc2c1CN1CCOCC1)Nc1ccc(Br)cc1F. The Hall–Kier alpha value is -2.48. The highest BCUT2D eigenvalue weighted by atomic mass is 79.9. The van der Waals surface area contributed by atoms with Gasteiger partial charge >= 0.3 is 0 Å². The molecule has 3 aromatic rings. The molecule has 7 heteroatoms. The van der Waals surface area contributed by atoms with E-state index in [1.165, 1.54) is 12.1 Å². The maximum atomic E-state index is 14.0. The van der Waals surface area contributed by atoms with Crippen LogP contribution in [0.4, 0.5) is 10.1 Å². The molecule has 0 aromatic heterocycles. The van der Waals surface area contributed by atoms with Crippen LogP contribution < -0.4 is 10.1 Å². The first-order valence-electron chi connectivity index (χ1n) is 9.78. The first-order valence-corrected chi connectivity index (χ1v) is 10.6. The Bertz CT molecular complexity index is 1050. The topological polar surface area (TPSA) is 50.8 Å². The molecule has 1 aliphatic rings. The number of rotatable bonds is 6. The molecule has 1 saturated heterocycles. The highest BCUT2D eigenvalue weighted by Gasteiger charge is 2.17. The normalized spacial score (nSPS) is 14.6. The lowest BCUT2D eigenvalue weighted by atomic mass is 10.0. The highest BCUT2D eigenvalue weighted by molar-refractivity contribution is 9.10. The van der Waals surface area contributed by atoms with Gasteiger partial charge in [-0.3, -0.25) is 9.69 Å². The molecule has 0 radical (unpaired) electrons. The van der Waals surface area contributed by atoms with Crippen molar-refractivity contribution in [3.8, 4) is 5.75 Å². The minimum absolute atomic E-state index is 0.124. The Kier molecular flexibility index (Phi) is 6.62. The Morgan fingerprint density at radius 1 is 1.13 bits per heavy atom. The second-order valence-corrected chi connectivity index (χ2v) is 8.03. The van der Waals surface area contributed by atoms with Gasteiger partial charge in [0.2, 0.25) is 0 Å². The predicted molar refractivity (Wildman–Crippen MR) is 118 cm³/mol. The lowest BCUT2D eigenvalue weighted by Crippen LogP contribution is -2.35. The number of carbonyl (C=O) groups excluding carboxylic acids is 1. The molecular formula is C23H22BrFN2O3. The number of anilines is 1. The van der Waals surface area contributed by atoms with Crippen molar-refractivity contribution in [3.63, 3.8) is 0 Å². The Labute approximate surface area is 182 Å². The summed E-state index contributed by atoms with van der Waals surface area (Å²) < 4.78 is 25.9. The number of hydrogen-bond acceptors (Lipinski definition) is 4. The third-order valence-electron chi connectivity index (χ3n) is 5.05. The molecular weight excluding hydrogens is 451 g/mol. The number of fused-ring (bicyclic) bond motifs is 1. The second-order valence-electron chi connectivity index (χ2n) is 7.11. The van der Waals surface area contributed by atoms with Gasteiger partial charge in [0, 0.05) is 29.7 Å². The van der Waals surface area contributed by atoms with Crippen LogP contribution in [0.25, 0.3) is 10.8 Å². The van der Waals surface area contributed by atoms with E-state index in [4.69, 9.17) is 9.47 Å². The number of halogens is 2. The molecule has 0 bridgehead atoms. The van der Waals surface area contributed by atoms with Crippen molar-refractivity contribution in [2.75, 3.05) is 38.2 Å². The van der Waals surface area contributed by atoms with Crippen molar-refractivity contribution in [2.24, 2.45) is 0 Å². The number of hydrogen-bond donors (Lipinski definition) is 1. The van der Waals surface area contributed by atoms with Gasteiger partial charge in [-0.2, -0.15) is 0 Å². The number of nitrogens with one attached hydrogen (secondary N) is 1. The fourth-order valence-corrected chi connectivity index (χ4v) is 3.85. The molecule has 4 rings (SSSR count). The quantitative estimate of drug-likeness (QED) is 0.569. The molecule has 156 valence electrons. The molecule has 1 aliphatic heterocycles. The maximum Gasteiger partial charge on any atom is 0.262 e. The van der Waals surface area contributed by atoms with Crippen molar-refractivity contribution in [1.29, 1.82) is 0 Å². The van der Waals surface area contributed by atoms with Gasteiger partial charge in [0.15, 0.2) is 6.61 Å². The van der Waals surface area contributed by atoms with Crippen LogP contribution in [0.15, 0.2) is 59.1 Å². The number of morpholine rings is 1. The minimum atomic E-state index is -0.503. The lowest BCUT2D eigenvalue weighted by molar-refractivity contribution is -0.118. The van der Waals surface area contributed by atoms with E-state index < -0.39 is 11.7 Å². The summed E-state index contributed by atoms with van der Waals surface area (Å²) in [6, 6.07) is 16.5. The summed E-state index contributed by atoms with van der Waals surface area (Å²) in [5.41, 5.74) is 1.16. The average molecular weight is 473 g/mol. The maximum absolute atomic E-state index is 14.0. The summed E-state index contributed by atoms with van der Waals surface area (Å²) in [6.45, 7) is 3.63. The summed E-state index contributed by atoms with van der Waals surface area (Å²) in [5, 5.41) is 4.78. The van der Waals surface area contributed by atoms with Gasteiger partial charge in [-0.1, -0.05) is 46.3 Å².